The molecule has 0 amide bonds. The van der Waals surface area contributed by atoms with Crippen LogP contribution in [0.15, 0.2) is 6.20 Å². The van der Waals surface area contributed by atoms with E-state index in [1.807, 2.05) is 11.5 Å². The molecule has 0 aliphatic carbocycles. The van der Waals surface area contributed by atoms with Gasteiger partial charge < -0.3 is 9.67 Å². The number of imidazole rings is 1. The SMILES string of the molecule is CCc1nc(O)cn1C(C)C. The highest BCUT2D eigenvalue weighted by molar-refractivity contribution is 5.08. The van der Waals surface area contributed by atoms with Gasteiger partial charge in [0.1, 0.15) is 5.82 Å². The molecule has 0 aliphatic heterocycles. The highest BCUT2D eigenvalue weighted by atomic mass is 16.3. The summed E-state index contributed by atoms with van der Waals surface area (Å²) >= 11 is 0. The predicted octanol–water partition coefficient (Wildman–Crippen LogP) is 1.73. The average Bonchev–Trinajstić information content (AvgIpc) is 2.30. The quantitative estimate of drug-likeness (QED) is 0.704. The maximum absolute atomic E-state index is 9.08. The molecular formula is C8H14N2O. The summed E-state index contributed by atoms with van der Waals surface area (Å²) in [7, 11) is 0. The summed E-state index contributed by atoms with van der Waals surface area (Å²) in [5.41, 5.74) is 0. The van der Waals surface area contributed by atoms with Gasteiger partial charge in [-0.2, -0.15) is 4.98 Å². The lowest BCUT2D eigenvalue weighted by Crippen LogP contribution is -2.03. The van der Waals surface area contributed by atoms with E-state index < -0.39 is 0 Å². The third-order valence-electron chi connectivity index (χ3n) is 1.67. The molecular weight excluding hydrogens is 140 g/mol. The number of aromatic hydroxyl groups is 1. The highest BCUT2D eigenvalue weighted by Crippen LogP contribution is 2.14. The van der Waals surface area contributed by atoms with Crippen LogP contribution in [0.5, 0.6) is 5.88 Å². The molecule has 0 fully saturated rings. The van der Waals surface area contributed by atoms with Crippen LogP contribution in [0.2, 0.25) is 0 Å². The topological polar surface area (TPSA) is 38.1 Å². The van der Waals surface area contributed by atoms with Gasteiger partial charge in [0.15, 0.2) is 0 Å². The summed E-state index contributed by atoms with van der Waals surface area (Å²) in [6.07, 6.45) is 2.53. The minimum atomic E-state index is 0.121. The molecule has 0 aromatic carbocycles. The third kappa shape index (κ3) is 1.53. The van der Waals surface area contributed by atoms with Crippen LogP contribution in [0.3, 0.4) is 0 Å². The van der Waals surface area contributed by atoms with Gasteiger partial charge in [0.25, 0.3) is 0 Å². The number of rotatable bonds is 2. The number of nitrogens with zero attached hydrogens (tertiary/aromatic N) is 2. The van der Waals surface area contributed by atoms with Crippen LogP contribution in [0.1, 0.15) is 32.6 Å². The standard InChI is InChI=1S/C8H14N2O/c1-4-7-9-8(11)5-10(7)6(2)3/h5-6,11H,4H2,1-3H3. The molecule has 0 atom stereocenters. The van der Waals surface area contributed by atoms with Crippen molar-refractivity contribution in [3.05, 3.63) is 12.0 Å². The molecule has 3 nitrogen and oxygen atoms in total. The minimum Gasteiger partial charge on any atom is -0.492 e. The summed E-state index contributed by atoms with van der Waals surface area (Å²) in [6.45, 7) is 6.17. The summed E-state index contributed by atoms with van der Waals surface area (Å²) in [5, 5.41) is 9.08. The van der Waals surface area contributed by atoms with Gasteiger partial charge in [0.2, 0.25) is 5.88 Å². The van der Waals surface area contributed by atoms with E-state index in [2.05, 4.69) is 18.8 Å². The Morgan fingerprint density at radius 1 is 1.64 bits per heavy atom. The van der Waals surface area contributed by atoms with E-state index in [4.69, 9.17) is 5.11 Å². The van der Waals surface area contributed by atoms with Gasteiger partial charge in [-0.05, 0) is 13.8 Å². The minimum absolute atomic E-state index is 0.121. The zero-order valence-electron chi connectivity index (χ0n) is 7.20. The Kier molecular flexibility index (Phi) is 2.17. The van der Waals surface area contributed by atoms with Crippen LogP contribution in [0, 0.1) is 0 Å². The molecule has 3 heteroatoms. The third-order valence-corrected chi connectivity index (χ3v) is 1.67. The lowest BCUT2D eigenvalue weighted by atomic mass is 10.3. The normalized spacial score (nSPS) is 10.9. The maximum Gasteiger partial charge on any atom is 0.229 e. The van der Waals surface area contributed by atoms with Gasteiger partial charge in [-0.1, -0.05) is 6.92 Å². The molecule has 0 unspecified atom stereocenters. The molecule has 1 aromatic heterocycles. The maximum atomic E-state index is 9.08. The van der Waals surface area contributed by atoms with E-state index in [0.29, 0.717) is 6.04 Å². The first kappa shape index (κ1) is 8.11. The van der Waals surface area contributed by atoms with Gasteiger partial charge in [-0.25, -0.2) is 0 Å². The van der Waals surface area contributed by atoms with Crippen LogP contribution in [-0.4, -0.2) is 14.7 Å². The summed E-state index contributed by atoms with van der Waals surface area (Å²) in [4.78, 5) is 3.97. The Labute approximate surface area is 66.7 Å². The zero-order chi connectivity index (χ0) is 8.43. The van der Waals surface area contributed by atoms with E-state index in [-0.39, 0.29) is 5.88 Å². The fourth-order valence-electron chi connectivity index (χ4n) is 1.13. The predicted molar refractivity (Wildman–Crippen MR) is 43.7 cm³/mol. The summed E-state index contributed by atoms with van der Waals surface area (Å²) in [5.74, 6) is 1.06. The second kappa shape index (κ2) is 2.95. The molecule has 0 bridgehead atoms. The number of hydrogen-bond donors (Lipinski definition) is 1. The lowest BCUT2D eigenvalue weighted by Gasteiger charge is -2.08. The van der Waals surface area contributed by atoms with Crippen LogP contribution < -0.4 is 0 Å². The van der Waals surface area contributed by atoms with Crippen molar-refractivity contribution in [1.29, 1.82) is 0 Å². The van der Waals surface area contributed by atoms with E-state index in [9.17, 15) is 0 Å². The number of aromatic nitrogens is 2. The first-order valence-corrected chi connectivity index (χ1v) is 3.91. The van der Waals surface area contributed by atoms with Crippen LogP contribution in [-0.2, 0) is 6.42 Å². The number of aryl methyl sites for hydroxylation is 1. The van der Waals surface area contributed by atoms with E-state index in [0.717, 1.165) is 12.2 Å². The van der Waals surface area contributed by atoms with E-state index in [1.165, 1.54) is 0 Å². The van der Waals surface area contributed by atoms with E-state index in [1.54, 1.807) is 6.20 Å². The molecule has 1 heterocycles. The Balaban J connectivity index is 3.02. The Hall–Kier alpha value is -0.990. The smallest absolute Gasteiger partial charge is 0.229 e. The molecule has 0 aliphatic rings. The van der Waals surface area contributed by atoms with Crippen molar-refractivity contribution in [3.8, 4) is 5.88 Å². The van der Waals surface area contributed by atoms with E-state index >= 15 is 0 Å². The molecule has 0 saturated carbocycles. The molecule has 0 radical (unpaired) electrons. The van der Waals surface area contributed by atoms with Gasteiger partial charge in [-0.15, -0.1) is 0 Å². The van der Waals surface area contributed by atoms with Crippen LogP contribution >= 0.6 is 0 Å². The van der Waals surface area contributed by atoms with Crippen molar-refractivity contribution in [2.75, 3.05) is 0 Å². The first-order chi connectivity index (χ1) is 5.15. The van der Waals surface area contributed by atoms with Crippen molar-refractivity contribution in [2.24, 2.45) is 0 Å². The Morgan fingerprint density at radius 3 is 2.64 bits per heavy atom. The van der Waals surface area contributed by atoms with Crippen molar-refractivity contribution in [1.82, 2.24) is 9.55 Å². The van der Waals surface area contributed by atoms with Crippen molar-refractivity contribution < 1.29 is 5.11 Å². The largest absolute Gasteiger partial charge is 0.492 e. The fraction of sp³-hybridized carbons (Fsp3) is 0.625. The van der Waals surface area contributed by atoms with Crippen molar-refractivity contribution in [3.63, 3.8) is 0 Å². The van der Waals surface area contributed by atoms with Gasteiger partial charge in [0, 0.05) is 12.5 Å². The van der Waals surface area contributed by atoms with Crippen LogP contribution in [0.25, 0.3) is 0 Å². The Morgan fingerprint density at radius 2 is 2.27 bits per heavy atom. The molecule has 1 N–H and O–H groups in total. The van der Waals surface area contributed by atoms with Gasteiger partial charge in [0.05, 0.1) is 6.20 Å². The van der Waals surface area contributed by atoms with Crippen molar-refractivity contribution >= 4 is 0 Å². The molecule has 1 aromatic rings. The zero-order valence-corrected chi connectivity index (χ0v) is 7.20. The molecule has 62 valence electrons. The Bertz CT molecular complexity index is 240. The van der Waals surface area contributed by atoms with Crippen molar-refractivity contribution in [2.45, 2.75) is 33.2 Å². The second-order valence-corrected chi connectivity index (χ2v) is 2.87. The summed E-state index contributed by atoms with van der Waals surface area (Å²) in [6, 6.07) is 0.373. The second-order valence-electron chi connectivity index (χ2n) is 2.87. The molecule has 0 spiro atoms. The van der Waals surface area contributed by atoms with Gasteiger partial charge >= 0.3 is 0 Å². The monoisotopic (exact) mass is 154 g/mol. The van der Waals surface area contributed by atoms with Gasteiger partial charge in [-0.3, -0.25) is 0 Å². The summed E-state index contributed by atoms with van der Waals surface area (Å²) < 4.78 is 1.98. The number of hydrogen-bond acceptors (Lipinski definition) is 2. The first-order valence-electron chi connectivity index (χ1n) is 3.91. The average molecular weight is 154 g/mol. The molecule has 1 rings (SSSR count). The highest BCUT2D eigenvalue weighted by Gasteiger charge is 2.06. The molecule has 0 saturated heterocycles. The van der Waals surface area contributed by atoms with Crippen LogP contribution in [0.4, 0.5) is 0 Å². The molecule has 11 heavy (non-hydrogen) atoms. The lowest BCUT2D eigenvalue weighted by molar-refractivity contribution is 0.454. The fourth-order valence-corrected chi connectivity index (χ4v) is 1.13.